The van der Waals surface area contributed by atoms with Crippen LogP contribution in [-0.2, 0) is 16.1 Å². The maximum atomic E-state index is 12.6. The van der Waals surface area contributed by atoms with Crippen LogP contribution >= 0.6 is 0 Å². The quantitative estimate of drug-likeness (QED) is 0.865. The molecular weight excluding hydrogens is 328 g/mol. The monoisotopic (exact) mass is 354 g/mol. The van der Waals surface area contributed by atoms with Gasteiger partial charge in [0.05, 0.1) is 13.2 Å². The van der Waals surface area contributed by atoms with Gasteiger partial charge in [0.2, 0.25) is 0 Å². The van der Waals surface area contributed by atoms with Crippen LogP contribution in [0, 0.1) is 0 Å². The van der Waals surface area contributed by atoms with Crippen molar-refractivity contribution in [3.8, 4) is 5.75 Å². The molecule has 5 nitrogen and oxygen atoms in total. The second-order valence-electron chi connectivity index (χ2n) is 6.96. The van der Waals surface area contributed by atoms with Crippen molar-refractivity contribution in [2.45, 2.75) is 26.0 Å². The average molecular weight is 354 g/mol. The van der Waals surface area contributed by atoms with Crippen LogP contribution in [0.4, 0.5) is 5.69 Å². The first-order valence-electron chi connectivity index (χ1n) is 8.97. The lowest BCUT2D eigenvalue weighted by Gasteiger charge is -2.27. The summed E-state index contributed by atoms with van der Waals surface area (Å²) in [5.74, 6) is 0.496. The molecule has 2 aromatic rings. The highest BCUT2D eigenvalue weighted by Gasteiger charge is 2.30. The van der Waals surface area contributed by atoms with E-state index in [0.29, 0.717) is 5.75 Å². The minimum atomic E-state index is -0.964. The van der Waals surface area contributed by atoms with Gasteiger partial charge < -0.3 is 14.8 Å². The van der Waals surface area contributed by atoms with E-state index in [-0.39, 0.29) is 5.91 Å². The zero-order chi connectivity index (χ0) is 18.4. The zero-order valence-corrected chi connectivity index (χ0v) is 15.4. The van der Waals surface area contributed by atoms with Crippen LogP contribution in [0.3, 0.4) is 0 Å². The van der Waals surface area contributed by atoms with Gasteiger partial charge in [-0.3, -0.25) is 9.69 Å². The maximum Gasteiger partial charge on any atom is 0.267 e. The lowest BCUT2D eigenvalue weighted by Crippen LogP contribution is -2.42. The van der Waals surface area contributed by atoms with E-state index in [2.05, 4.69) is 22.3 Å². The van der Waals surface area contributed by atoms with Crippen LogP contribution < -0.4 is 10.1 Å². The first kappa shape index (κ1) is 18.4. The fourth-order valence-corrected chi connectivity index (χ4v) is 2.82. The van der Waals surface area contributed by atoms with Crippen LogP contribution in [0.1, 0.15) is 19.4 Å². The van der Waals surface area contributed by atoms with Crippen LogP contribution in [0.25, 0.3) is 0 Å². The van der Waals surface area contributed by atoms with Gasteiger partial charge in [0.25, 0.3) is 5.91 Å². The van der Waals surface area contributed by atoms with Crippen molar-refractivity contribution in [3.63, 3.8) is 0 Å². The molecule has 1 amide bonds. The van der Waals surface area contributed by atoms with Gasteiger partial charge in [-0.15, -0.1) is 0 Å². The fraction of sp³-hybridized carbons (Fsp3) is 0.381. The third-order valence-corrected chi connectivity index (χ3v) is 4.38. The second-order valence-corrected chi connectivity index (χ2v) is 6.96. The summed E-state index contributed by atoms with van der Waals surface area (Å²) in [6.07, 6.45) is 0. The summed E-state index contributed by atoms with van der Waals surface area (Å²) in [6, 6.07) is 17.3. The Morgan fingerprint density at radius 3 is 2.38 bits per heavy atom. The molecule has 2 aromatic carbocycles. The first-order chi connectivity index (χ1) is 12.5. The molecule has 0 saturated carbocycles. The van der Waals surface area contributed by atoms with Gasteiger partial charge >= 0.3 is 0 Å². The standard InChI is InChI=1S/C21H26N2O3/c1-21(2,26-19-6-4-3-5-7-19)20(24)22-18-10-8-17(9-11-18)16-23-12-14-25-15-13-23/h3-11H,12-16H2,1-2H3,(H,22,24). The summed E-state index contributed by atoms with van der Waals surface area (Å²) >= 11 is 0. The predicted molar refractivity (Wildman–Crippen MR) is 102 cm³/mol. The number of para-hydroxylation sites is 1. The van der Waals surface area contributed by atoms with Crippen molar-refractivity contribution >= 4 is 11.6 Å². The van der Waals surface area contributed by atoms with E-state index < -0.39 is 5.60 Å². The number of amides is 1. The summed E-state index contributed by atoms with van der Waals surface area (Å²) in [6.45, 7) is 7.95. The number of rotatable bonds is 6. The topological polar surface area (TPSA) is 50.8 Å². The summed E-state index contributed by atoms with van der Waals surface area (Å²) in [5, 5.41) is 2.94. The third-order valence-electron chi connectivity index (χ3n) is 4.38. The molecule has 1 heterocycles. The molecule has 3 rings (SSSR count). The molecule has 0 unspecified atom stereocenters. The number of morpholine rings is 1. The van der Waals surface area contributed by atoms with Gasteiger partial charge in [0, 0.05) is 25.3 Å². The summed E-state index contributed by atoms with van der Waals surface area (Å²) in [5.41, 5.74) is 1.03. The normalized spacial score (nSPS) is 15.5. The Morgan fingerprint density at radius 1 is 1.08 bits per heavy atom. The van der Waals surface area contributed by atoms with E-state index in [1.54, 1.807) is 13.8 Å². The summed E-state index contributed by atoms with van der Waals surface area (Å²) in [4.78, 5) is 15.0. The molecule has 5 heteroatoms. The zero-order valence-electron chi connectivity index (χ0n) is 15.4. The van der Waals surface area contributed by atoms with Gasteiger partial charge in [0.1, 0.15) is 5.75 Å². The van der Waals surface area contributed by atoms with Crippen LogP contribution in [0.2, 0.25) is 0 Å². The first-order valence-corrected chi connectivity index (χ1v) is 8.97. The van der Waals surface area contributed by atoms with Crippen LogP contribution in [0.5, 0.6) is 5.75 Å². The molecule has 1 aliphatic heterocycles. The summed E-state index contributed by atoms with van der Waals surface area (Å²) < 4.78 is 11.2. The van der Waals surface area contributed by atoms with Gasteiger partial charge in [-0.1, -0.05) is 30.3 Å². The van der Waals surface area contributed by atoms with E-state index in [0.717, 1.165) is 38.5 Å². The molecule has 26 heavy (non-hydrogen) atoms. The van der Waals surface area contributed by atoms with Crippen LogP contribution in [-0.4, -0.2) is 42.7 Å². The molecule has 138 valence electrons. The summed E-state index contributed by atoms with van der Waals surface area (Å²) in [7, 11) is 0. The number of nitrogens with one attached hydrogen (secondary N) is 1. The number of ether oxygens (including phenoxy) is 2. The predicted octanol–water partition coefficient (Wildman–Crippen LogP) is 3.31. The maximum absolute atomic E-state index is 12.6. The minimum absolute atomic E-state index is 0.178. The highest BCUT2D eigenvalue weighted by Crippen LogP contribution is 2.20. The molecular formula is C21H26N2O3. The molecule has 1 fully saturated rings. The number of hydrogen-bond donors (Lipinski definition) is 1. The highest BCUT2D eigenvalue weighted by atomic mass is 16.5. The van der Waals surface area contributed by atoms with E-state index in [9.17, 15) is 4.79 Å². The van der Waals surface area contributed by atoms with E-state index in [1.165, 1.54) is 5.56 Å². The Bertz CT molecular complexity index is 708. The molecule has 1 saturated heterocycles. The molecule has 1 aliphatic rings. The van der Waals surface area contributed by atoms with Crippen LogP contribution in [0.15, 0.2) is 54.6 Å². The largest absolute Gasteiger partial charge is 0.478 e. The van der Waals surface area contributed by atoms with E-state index in [4.69, 9.17) is 9.47 Å². The molecule has 1 N–H and O–H groups in total. The Morgan fingerprint density at radius 2 is 1.73 bits per heavy atom. The number of carbonyl (C=O) groups excluding carboxylic acids is 1. The van der Waals surface area contributed by atoms with Gasteiger partial charge in [0.15, 0.2) is 5.60 Å². The van der Waals surface area contributed by atoms with E-state index >= 15 is 0 Å². The lowest BCUT2D eigenvalue weighted by atomic mass is 10.1. The highest BCUT2D eigenvalue weighted by molar-refractivity contribution is 5.97. The number of benzene rings is 2. The molecule has 0 atom stereocenters. The molecule has 0 aromatic heterocycles. The number of anilines is 1. The smallest absolute Gasteiger partial charge is 0.267 e. The molecule has 0 bridgehead atoms. The van der Waals surface area contributed by atoms with Crippen molar-refractivity contribution in [1.29, 1.82) is 0 Å². The van der Waals surface area contributed by atoms with Gasteiger partial charge in [-0.2, -0.15) is 0 Å². The molecule has 0 spiro atoms. The Balaban J connectivity index is 1.56. The van der Waals surface area contributed by atoms with Crippen molar-refractivity contribution in [2.24, 2.45) is 0 Å². The number of carbonyl (C=O) groups is 1. The molecule has 0 aliphatic carbocycles. The third kappa shape index (κ3) is 5.07. The van der Waals surface area contributed by atoms with Gasteiger partial charge in [-0.25, -0.2) is 0 Å². The van der Waals surface area contributed by atoms with Crippen molar-refractivity contribution in [3.05, 3.63) is 60.2 Å². The fourth-order valence-electron chi connectivity index (χ4n) is 2.82. The van der Waals surface area contributed by atoms with Crippen molar-refractivity contribution in [1.82, 2.24) is 4.90 Å². The van der Waals surface area contributed by atoms with E-state index in [1.807, 2.05) is 42.5 Å². The Kier molecular flexibility index (Phi) is 5.91. The lowest BCUT2D eigenvalue weighted by molar-refractivity contribution is -0.128. The average Bonchev–Trinajstić information content (AvgIpc) is 2.64. The minimum Gasteiger partial charge on any atom is -0.478 e. The van der Waals surface area contributed by atoms with Crippen molar-refractivity contribution in [2.75, 3.05) is 31.6 Å². The number of hydrogen-bond acceptors (Lipinski definition) is 4. The SMILES string of the molecule is CC(C)(Oc1ccccc1)C(=O)Nc1ccc(CN2CCOCC2)cc1. The number of nitrogens with zero attached hydrogens (tertiary/aromatic N) is 1. The second kappa shape index (κ2) is 8.34. The Hall–Kier alpha value is -2.37. The Labute approximate surface area is 154 Å². The molecule has 0 radical (unpaired) electrons. The van der Waals surface area contributed by atoms with Crippen molar-refractivity contribution < 1.29 is 14.3 Å². The van der Waals surface area contributed by atoms with Gasteiger partial charge in [-0.05, 0) is 43.7 Å².